The molecule has 0 saturated heterocycles. The number of halogens is 2. The van der Waals surface area contributed by atoms with Gasteiger partial charge in [0.05, 0.1) is 10.0 Å². The van der Waals surface area contributed by atoms with Gasteiger partial charge in [-0.1, -0.05) is 53.2 Å². The van der Waals surface area contributed by atoms with Crippen LogP contribution < -0.4 is 0 Å². The van der Waals surface area contributed by atoms with Crippen molar-refractivity contribution in [3.63, 3.8) is 0 Å². The molecule has 0 bridgehead atoms. The highest BCUT2D eigenvalue weighted by atomic mass is 35.5. The zero-order chi connectivity index (χ0) is 11.3. The van der Waals surface area contributed by atoms with E-state index >= 15 is 0 Å². The first-order valence-corrected chi connectivity index (χ1v) is 6.08. The number of thioether (sulfide) groups is 1. The van der Waals surface area contributed by atoms with Crippen LogP contribution in [0.15, 0.2) is 24.3 Å². The average Bonchev–Trinajstić information content (AvgIpc) is 2.18. The van der Waals surface area contributed by atoms with E-state index in [4.69, 9.17) is 23.2 Å². The van der Waals surface area contributed by atoms with Crippen molar-refractivity contribution in [2.75, 3.05) is 5.75 Å². The standard InChI is InChI=1S/C11H10Cl2OS/c1-8(14)15-6-2-3-9-4-5-10(12)11(13)7-9/h2-5,7H,6H2,1H3. The van der Waals surface area contributed by atoms with E-state index in [1.165, 1.54) is 11.8 Å². The first-order chi connectivity index (χ1) is 7.09. The molecule has 1 nitrogen and oxygen atoms in total. The van der Waals surface area contributed by atoms with E-state index in [0.717, 1.165) is 5.56 Å². The smallest absolute Gasteiger partial charge is 0.186 e. The second-order valence-electron chi connectivity index (χ2n) is 2.88. The van der Waals surface area contributed by atoms with Crippen LogP contribution in [0.4, 0.5) is 0 Å². The summed E-state index contributed by atoms with van der Waals surface area (Å²) in [5, 5.41) is 1.21. The number of carbonyl (C=O) groups is 1. The van der Waals surface area contributed by atoms with Crippen LogP contribution in [-0.2, 0) is 4.79 Å². The Kier molecular flexibility index (Phi) is 5.23. The molecule has 1 rings (SSSR count). The van der Waals surface area contributed by atoms with E-state index in [0.29, 0.717) is 15.8 Å². The summed E-state index contributed by atoms with van der Waals surface area (Å²) in [6.07, 6.45) is 3.84. The molecule has 0 atom stereocenters. The van der Waals surface area contributed by atoms with Gasteiger partial charge in [0.2, 0.25) is 0 Å². The second-order valence-corrected chi connectivity index (χ2v) is 4.89. The van der Waals surface area contributed by atoms with Crippen molar-refractivity contribution in [1.29, 1.82) is 0 Å². The van der Waals surface area contributed by atoms with Gasteiger partial charge in [0.1, 0.15) is 0 Å². The molecule has 0 aliphatic carbocycles. The van der Waals surface area contributed by atoms with E-state index < -0.39 is 0 Å². The Labute approximate surface area is 103 Å². The largest absolute Gasteiger partial charge is 0.288 e. The molecule has 0 aromatic heterocycles. The maximum Gasteiger partial charge on any atom is 0.186 e. The third-order valence-corrected chi connectivity index (χ3v) is 3.14. The van der Waals surface area contributed by atoms with Gasteiger partial charge in [0.15, 0.2) is 5.12 Å². The van der Waals surface area contributed by atoms with Gasteiger partial charge in [-0.2, -0.15) is 0 Å². The van der Waals surface area contributed by atoms with Gasteiger partial charge in [-0.3, -0.25) is 4.79 Å². The van der Waals surface area contributed by atoms with Crippen molar-refractivity contribution >= 4 is 46.2 Å². The summed E-state index contributed by atoms with van der Waals surface area (Å²) in [5.74, 6) is 0.676. The number of hydrogen-bond acceptors (Lipinski definition) is 2. The summed E-state index contributed by atoms with van der Waals surface area (Å²) in [6.45, 7) is 1.55. The zero-order valence-corrected chi connectivity index (χ0v) is 10.5. The summed E-state index contributed by atoms with van der Waals surface area (Å²) < 4.78 is 0. The molecule has 0 saturated carbocycles. The number of carbonyl (C=O) groups excluding carboxylic acids is 1. The van der Waals surface area contributed by atoms with Gasteiger partial charge < -0.3 is 0 Å². The number of hydrogen-bond donors (Lipinski definition) is 0. The van der Waals surface area contributed by atoms with Gasteiger partial charge in [-0.25, -0.2) is 0 Å². The minimum Gasteiger partial charge on any atom is -0.288 e. The number of rotatable bonds is 3. The fraction of sp³-hybridized carbons (Fsp3) is 0.182. The van der Waals surface area contributed by atoms with Crippen LogP contribution in [0.3, 0.4) is 0 Å². The third kappa shape index (κ3) is 4.74. The minimum absolute atomic E-state index is 0.119. The Bertz CT molecular complexity index is 388. The van der Waals surface area contributed by atoms with Crippen LogP contribution in [0.25, 0.3) is 6.08 Å². The van der Waals surface area contributed by atoms with Crippen molar-refractivity contribution in [3.05, 3.63) is 39.9 Å². The molecule has 0 radical (unpaired) electrons. The van der Waals surface area contributed by atoms with Crippen molar-refractivity contribution < 1.29 is 4.79 Å². The maximum absolute atomic E-state index is 10.6. The van der Waals surface area contributed by atoms with Crippen LogP contribution in [-0.4, -0.2) is 10.9 Å². The van der Waals surface area contributed by atoms with Gasteiger partial charge in [0, 0.05) is 12.7 Å². The lowest BCUT2D eigenvalue weighted by molar-refractivity contribution is -0.109. The van der Waals surface area contributed by atoms with Crippen molar-refractivity contribution in [2.45, 2.75) is 6.92 Å². The van der Waals surface area contributed by atoms with E-state index in [1.807, 2.05) is 18.2 Å². The summed E-state index contributed by atoms with van der Waals surface area (Å²) >= 11 is 12.9. The Hall–Kier alpha value is -0.440. The second kappa shape index (κ2) is 6.21. The first-order valence-electron chi connectivity index (χ1n) is 4.34. The monoisotopic (exact) mass is 260 g/mol. The summed E-state index contributed by atoms with van der Waals surface area (Å²) in [6, 6.07) is 5.42. The summed E-state index contributed by atoms with van der Waals surface area (Å²) in [7, 11) is 0. The van der Waals surface area contributed by atoms with Crippen LogP contribution >= 0.6 is 35.0 Å². The van der Waals surface area contributed by atoms with E-state index in [9.17, 15) is 4.79 Å². The molecule has 1 aromatic carbocycles. The molecule has 1 aromatic rings. The summed E-state index contributed by atoms with van der Waals surface area (Å²) in [5.41, 5.74) is 0.980. The zero-order valence-electron chi connectivity index (χ0n) is 8.17. The fourth-order valence-electron chi connectivity index (χ4n) is 0.966. The number of benzene rings is 1. The molecular formula is C11H10Cl2OS. The van der Waals surface area contributed by atoms with E-state index in [1.54, 1.807) is 19.1 Å². The molecule has 0 heterocycles. The molecule has 0 N–H and O–H groups in total. The Balaban J connectivity index is 2.57. The van der Waals surface area contributed by atoms with Gasteiger partial charge >= 0.3 is 0 Å². The predicted octanol–water partition coefficient (Wildman–Crippen LogP) is 4.29. The van der Waals surface area contributed by atoms with Gasteiger partial charge in [-0.15, -0.1) is 0 Å². The Morgan fingerprint density at radius 2 is 2.13 bits per heavy atom. The molecule has 80 valence electrons. The Morgan fingerprint density at radius 3 is 2.73 bits per heavy atom. The SMILES string of the molecule is CC(=O)SCC=Cc1ccc(Cl)c(Cl)c1. The molecule has 0 unspecified atom stereocenters. The van der Waals surface area contributed by atoms with Crippen LogP contribution in [0.2, 0.25) is 10.0 Å². The minimum atomic E-state index is 0.119. The highest BCUT2D eigenvalue weighted by Crippen LogP contribution is 2.23. The highest BCUT2D eigenvalue weighted by Gasteiger charge is 1.96. The fourth-order valence-corrected chi connectivity index (χ4v) is 1.70. The molecular weight excluding hydrogens is 251 g/mol. The summed E-state index contributed by atoms with van der Waals surface area (Å²) in [4.78, 5) is 10.6. The predicted molar refractivity (Wildman–Crippen MR) is 68.6 cm³/mol. The topological polar surface area (TPSA) is 17.1 Å². The maximum atomic E-state index is 10.6. The van der Waals surface area contributed by atoms with Crippen LogP contribution in [0.5, 0.6) is 0 Å². The van der Waals surface area contributed by atoms with Crippen molar-refractivity contribution in [3.8, 4) is 0 Å². The lowest BCUT2D eigenvalue weighted by Gasteiger charge is -1.97. The lowest BCUT2D eigenvalue weighted by Crippen LogP contribution is -1.81. The first kappa shape index (κ1) is 12.6. The van der Waals surface area contributed by atoms with Crippen molar-refractivity contribution in [1.82, 2.24) is 0 Å². The molecule has 0 aliphatic heterocycles. The van der Waals surface area contributed by atoms with Gasteiger partial charge in [-0.05, 0) is 17.7 Å². The third-order valence-electron chi connectivity index (χ3n) is 1.64. The van der Waals surface area contributed by atoms with E-state index in [2.05, 4.69) is 0 Å². The molecule has 15 heavy (non-hydrogen) atoms. The Morgan fingerprint density at radius 1 is 1.40 bits per heavy atom. The normalized spacial score (nSPS) is 10.9. The lowest BCUT2D eigenvalue weighted by atomic mass is 10.2. The van der Waals surface area contributed by atoms with Crippen LogP contribution in [0.1, 0.15) is 12.5 Å². The highest BCUT2D eigenvalue weighted by molar-refractivity contribution is 8.13. The molecule has 0 fully saturated rings. The van der Waals surface area contributed by atoms with Gasteiger partial charge in [0.25, 0.3) is 0 Å². The van der Waals surface area contributed by atoms with E-state index in [-0.39, 0.29) is 5.12 Å². The molecule has 0 aliphatic rings. The van der Waals surface area contributed by atoms with Crippen molar-refractivity contribution in [2.24, 2.45) is 0 Å². The molecule has 0 amide bonds. The molecule has 0 spiro atoms. The quantitative estimate of drug-likeness (QED) is 0.807. The van der Waals surface area contributed by atoms with Crippen LogP contribution in [0, 0.1) is 0 Å². The molecule has 4 heteroatoms. The average molecular weight is 261 g/mol.